The molecule has 0 aromatic heterocycles. The third-order valence-corrected chi connectivity index (χ3v) is 8.69. The van der Waals surface area contributed by atoms with Gasteiger partial charge in [-0.2, -0.15) is 0 Å². The van der Waals surface area contributed by atoms with E-state index in [1.165, 1.54) is 25.7 Å². The molecule has 5 nitrogen and oxygen atoms in total. The molecule has 5 unspecified atom stereocenters. The Hall–Kier alpha value is -0.400. The summed E-state index contributed by atoms with van der Waals surface area (Å²) in [6.07, 6.45) is 10.1. The van der Waals surface area contributed by atoms with Crippen LogP contribution in [0.1, 0.15) is 57.8 Å². The summed E-state index contributed by atoms with van der Waals surface area (Å²) in [5, 5.41) is 6.90. The highest BCUT2D eigenvalue weighted by atomic mass is 32.2. The Balaban J connectivity index is 1.30. The highest BCUT2D eigenvalue weighted by Gasteiger charge is 2.42. The van der Waals surface area contributed by atoms with Gasteiger partial charge in [-0.05, 0) is 50.7 Å². The van der Waals surface area contributed by atoms with Crippen LogP contribution in [0.3, 0.4) is 0 Å². The first-order chi connectivity index (χ1) is 12.2. The Morgan fingerprint density at radius 2 is 1.76 bits per heavy atom. The van der Waals surface area contributed by atoms with Crippen LogP contribution in [0.5, 0.6) is 0 Å². The van der Waals surface area contributed by atoms with E-state index >= 15 is 0 Å². The molecule has 2 N–H and O–H groups in total. The summed E-state index contributed by atoms with van der Waals surface area (Å²) < 4.78 is 5.69. The molecule has 5 atom stereocenters. The van der Waals surface area contributed by atoms with Gasteiger partial charge in [0.1, 0.15) is 11.5 Å². The van der Waals surface area contributed by atoms with E-state index in [2.05, 4.69) is 10.6 Å². The first-order valence-electron chi connectivity index (χ1n) is 9.75. The monoisotopic (exact) mass is 384 g/mol. The molecule has 0 radical (unpaired) electrons. The Morgan fingerprint density at radius 1 is 1.00 bits per heavy atom. The smallest absolute Gasteiger partial charge is 0.312 e. The standard InChI is InChI=1S/C18H28N2O3S2/c21-15(17-19-13-7-3-4-8-14(13)25-17)20-16-12(9-10-24-16)18(22)23-11-5-1-2-6-11/h11-14,16-17,19H,1-10H2,(H,20,21). The second kappa shape index (κ2) is 8.09. The third kappa shape index (κ3) is 4.14. The van der Waals surface area contributed by atoms with E-state index in [4.69, 9.17) is 4.74 Å². The lowest BCUT2D eigenvalue weighted by atomic mass is 9.95. The van der Waals surface area contributed by atoms with Crippen molar-refractivity contribution in [3.63, 3.8) is 0 Å². The Kier molecular flexibility index (Phi) is 5.82. The van der Waals surface area contributed by atoms with E-state index in [-0.39, 0.29) is 34.6 Å². The molecule has 2 saturated carbocycles. The SMILES string of the molecule is O=C(NC1SCCC1C(=O)OC1CCCC1)C1NC2CCCCC2S1. The molecule has 4 rings (SSSR count). The molecule has 2 aliphatic carbocycles. The molecule has 2 saturated heterocycles. The number of hydrogen-bond acceptors (Lipinski definition) is 6. The Labute approximate surface area is 158 Å². The molecule has 25 heavy (non-hydrogen) atoms. The normalized spacial score (nSPS) is 38.5. The summed E-state index contributed by atoms with van der Waals surface area (Å²) in [6.45, 7) is 0. The quantitative estimate of drug-likeness (QED) is 0.727. The largest absolute Gasteiger partial charge is 0.462 e. The van der Waals surface area contributed by atoms with Gasteiger partial charge in [0, 0.05) is 11.3 Å². The summed E-state index contributed by atoms with van der Waals surface area (Å²) in [5.74, 6) is 0.648. The number of ether oxygens (including phenoxy) is 1. The minimum atomic E-state index is -0.191. The zero-order valence-corrected chi connectivity index (χ0v) is 16.2. The van der Waals surface area contributed by atoms with E-state index in [9.17, 15) is 9.59 Å². The van der Waals surface area contributed by atoms with Gasteiger partial charge in [0.15, 0.2) is 0 Å². The van der Waals surface area contributed by atoms with E-state index in [1.54, 1.807) is 23.5 Å². The molecular formula is C18H28N2O3S2. The van der Waals surface area contributed by atoms with Gasteiger partial charge < -0.3 is 10.1 Å². The van der Waals surface area contributed by atoms with Gasteiger partial charge >= 0.3 is 5.97 Å². The van der Waals surface area contributed by atoms with Gasteiger partial charge in [-0.1, -0.05) is 12.8 Å². The first-order valence-corrected chi connectivity index (χ1v) is 11.7. The zero-order chi connectivity index (χ0) is 17.2. The maximum absolute atomic E-state index is 12.7. The fourth-order valence-corrected chi connectivity index (χ4v) is 7.27. The summed E-state index contributed by atoms with van der Waals surface area (Å²) in [7, 11) is 0. The second-order valence-electron chi connectivity index (χ2n) is 7.65. The van der Waals surface area contributed by atoms with Gasteiger partial charge in [-0.3, -0.25) is 14.9 Å². The van der Waals surface area contributed by atoms with Crippen molar-refractivity contribution in [1.29, 1.82) is 0 Å². The van der Waals surface area contributed by atoms with Crippen LogP contribution in [0, 0.1) is 5.92 Å². The Bertz CT molecular complexity index is 499. The molecule has 4 aliphatic rings. The number of carbonyl (C=O) groups is 2. The average Bonchev–Trinajstić information content (AvgIpc) is 3.34. The van der Waals surface area contributed by atoms with Gasteiger partial charge in [0.25, 0.3) is 0 Å². The fraction of sp³-hybridized carbons (Fsp3) is 0.889. The van der Waals surface area contributed by atoms with E-state index < -0.39 is 0 Å². The minimum Gasteiger partial charge on any atom is -0.462 e. The van der Waals surface area contributed by atoms with Gasteiger partial charge in [-0.15, -0.1) is 23.5 Å². The summed E-state index contributed by atoms with van der Waals surface area (Å²) in [5.41, 5.74) is 0. The molecule has 1 amide bonds. The van der Waals surface area contributed by atoms with Crippen LogP contribution in [0.2, 0.25) is 0 Å². The highest BCUT2D eigenvalue weighted by molar-refractivity contribution is 8.01. The predicted octanol–water partition coefficient (Wildman–Crippen LogP) is 2.64. The maximum Gasteiger partial charge on any atom is 0.312 e. The topological polar surface area (TPSA) is 67.4 Å². The molecule has 7 heteroatoms. The van der Waals surface area contributed by atoms with Crippen molar-refractivity contribution in [2.45, 2.75) is 85.9 Å². The molecule has 0 aromatic rings. The van der Waals surface area contributed by atoms with Crippen molar-refractivity contribution in [2.24, 2.45) is 5.92 Å². The van der Waals surface area contributed by atoms with Gasteiger partial charge in [0.2, 0.25) is 5.91 Å². The van der Waals surface area contributed by atoms with Crippen LogP contribution < -0.4 is 10.6 Å². The van der Waals surface area contributed by atoms with Crippen molar-refractivity contribution in [1.82, 2.24) is 10.6 Å². The molecule has 2 heterocycles. The van der Waals surface area contributed by atoms with Gasteiger partial charge in [0.05, 0.1) is 11.3 Å². The highest BCUT2D eigenvalue weighted by Crippen LogP contribution is 2.38. The maximum atomic E-state index is 12.7. The van der Waals surface area contributed by atoms with E-state index in [0.29, 0.717) is 11.3 Å². The lowest BCUT2D eigenvalue weighted by Gasteiger charge is -2.23. The van der Waals surface area contributed by atoms with Crippen LogP contribution in [0.25, 0.3) is 0 Å². The molecular weight excluding hydrogens is 356 g/mol. The number of amides is 1. The van der Waals surface area contributed by atoms with Crippen LogP contribution in [-0.4, -0.2) is 45.8 Å². The van der Waals surface area contributed by atoms with Crippen molar-refractivity contribution in [3.8, 4) is 0 Å². The number of hydrogen-bond donors (Lipinski definition) is 2. The van der Waals surface area contributed by atoms with Gasteiger partial charge in [-0.25, -0.2) is 0 Å². The Morgan fingerprint density at radius 3 is 2.56 bits per heavy atom. The van der Waals surface area contributed by atoms with E-state index in [0.717, 1.165) is 37.9 Å². The lowest BCUT2D eigenvalue weighted by molar-refractivity contribution is -0.153. The molecule has 140 valence electrons. The number of thioether (sulfide) groups is 2. The molecule has 0 spiro atoms. The first kappa shape index (κ1) is 18.0. The summed E-state index contributed by atoms with van der Waals surface area (Å²) >= 11 is 3.45. The second-order valence-corrected chi connectivity index (χ2v) is 10.2. The predicted molar refractivity (Wildman–Crippen MR) is 101 cm³/mol. The summed E-state index contributed by atoms with van der Waals surface area (Å²) in [6, 6.07) is 0.480. The van der Waals surface area contributed by atoms with Crippen molar-refractivity contribution in [3.05, 3.63) is 0 Å². The van der Waals surface area contributed by atoms with Crippen LogP contribution in [0.15, 0.2) is 0 Å². The molecule has 2 aliphatic heterocycles. The van der Waals surface area contributed by atoms with E-state index in [1.807, 2.05) is 0 Å². The third-order valence-electron chi connectivity index (χ3n) is 5.88. The van der Waals surface area contributed by atoms with Crippen molar-refractivity contribution in [2.75, 3.05) is 5.75 Å². The minimum absolute atomic E-state index is 0.0393. The van der Waals surface area contributed by atoms with Crippen molar-refractivity contribution < 1.29 is 14.3 Å². The zero-order valence-electron chi connectivity index (χ0n) is 14.6. The number of esters is 1. The van der Waals surface area contributed by atoms with Crippen molar-refractivity contribution >= 4 is 35.4 Å². The van der Waals surface area contributed by atoms with Crippen LogP contribution in [-0.2, 0) is 14.3 Å². The van der Waals surface area contributed by atoms with Crippen LogP contribution in [0.4, 0.5) is 0 Å². The fourth-order valence-electron chi connectivity index (χ4n) is 4.44. The lowest BCUT2D eigenvalue weighted by Crippen LogP contribution is -2.47. The average molecular weight is 385 g/mol. The molecule has 4 fully saturated rings. The number of fused-ring (bicyclic) bond motifs is 1. The van der Waals surface area contributed by atoms with Crippen LogP contribution >= 0.6 is 23.5 Å². The number of carbonyl (C=O) groups excluding carboxylic acids is 2. The number of rotatable bonds is 4. The number of nitrogens with one attached hydrogen (secondary N) is 2. The molecule has 0 aromatic carbocycles. The summed E-state index contributed by atoms with van der Waals surface area (Å²) in [4.78, 5) is 25.2. The molecule has 0 bridgehead atoms.